The minimum atomic E-state index is -0.0550. The molecule has 0 aromatic heterocycles. The molecule has 0 saturated carbocycles. The number of methoxy groups -OCH3 is 1. The van der Waals surface area contributed by atoms with Crippen LogP contribution in [0.2, 0.25) is 5.02 Å². The molecule has 2 rings (SSSR count). The fourth-order valence-corrected chi connectivity index (χ4v) is 2.14. The zero-order chi connectivity index (χ0) is 15.8. The van der Waals surface area contributed by atoms with E-state index in [9.17, 15) is 4.79 Å². The molecule has 0 bridgehead atoms. The average Bonchev–Trinajstić information content (AvgIpc) is 2.52. The number of carbonyl (C=O) groups is 1. The third-order valence-corrected chi connectivity index (χ3v) is 3.24. The first-order chi connectivity index (χ1) is 10.7. The first-order valence-corrected chi connectivity index (χ1v) is 7.33. The lowest BCUT2D eigenvalue weighted by Crippen LogP contribution is -2.29. The largest absolute Gasteiger partial charge is 0.497 e. The summed E-state index contributed by atoms with van der Waals surface area (Å²) in [6, 6.07) is 14.6. The number of carbonyl (C=O) groups excluding carboxylic acids is 1. The summed E-state index contributed by atoms with van der Waals surface area (Å²) in [6.07, 6.45) is 0.309. The third kappa shape index (κ3) is 5.30. The highest BCUT2D eigenvalue weighted by atomic mass is 35.5. The van der Waals surface area contributed by atoms with Gasteiger partial charge in [0.2, 0.25) is 5.91 Å². The van der Waals surface area contributed by atoms with E-state index < -0.39 is 0 Å². The summed E-state index contributed by atoms with van der Waals surface area (Å²) in [5.41, 5.74) is 0.890. The molecule has 2 aromatic rings. The molecule has 4 nitrogen and oxygen atoms in total. The maximum Gasteiger partial charge on any atom is 0.224 e. The van der Waals surface area contributed by atoms with Gasteiger partial charge in [-0.05, 0) is 42.0 Å². The quantitative estimate of drug-likeness (QED) is 0.798. The SMILES string of the molecule is COc1ccc(OCCNC(=O)Cc2cccc(Cl)c2)cc1. The highest BCUT2D eigenvalue weighted by molar-refractivity contribution is 6.30. The van der Waals surface area contributed by atoms with Crippen LogP contribution in [0.1, 0.15) is 5.56 Å². The van der Waals surface area contributed by atoms with Crippen LogP contribution in [0.4, 0.5) is 0 Å². The molecule has 0 aliphatic carbocycles. The molecule has 0 aliphatic heterocycles. The van der Waals surface area contributed by atoms with Gasteiger partial charge in [0, 0.05) is 5.02 Å². The van der Waals surface area contributed by atoms with Crippen molar-refractivity contribution in [3.63, 3.8) is 0 Å². The molecule has 2 aromatic carbocycles. The number of benzene rings is 2. The van der Waals surface area contributed by atoms with Crippen LogP contribution in [0.3, 0.4) is 0 Å². The molecule has 1 amide bonds. The Labute approximate surface area is 135 Å². The standard InChI is InChI=1S/C17H18ClNO3/c1-21-15-5-7-16(8-6-15)22-10-9-19-17(20)12-13-3-2-4-14(18)11-13/h2-8,11H,9-10,12H2,1H3,(H,19,20). The lowest BCUT2D eigenvalue weighted by atomic mass is 10.1. The highest BCUT2D eigenvalue weighted by Crippen LogP contribution is 2.16. The summed E-state index contributed by atoms with van der Waals surface area (Å²) in [4.78, 5) is 11.8. The van der Waals surface area contributed by atoms with Crippen LogP contribution >= 0.6 is 11.6 Å². The van der Waals surface area contributed by atoms with Crippen LogP contribution < -0.4 is 14.8 Å². The molecule has 0 radical (unpaired) electrons. The van der Waals surface area contributed by atoms with Gasteiger partial charge in [0.25, 0.3) is 0 Å². The number of nitrogens with one attached hydrogen (secondary N) is 1. The summed E-state index contributed by atoms with van der Waals surface area (Å²) in [5, 5.41) is 3.44. The van der Waals surface area contributed by atoms with Crippen LogP contribution in [0, 0.1) is 0 Å². The Morgan fingerprint density at radius 1 is 1.14 bits per heavy atom. The molecule has 1 N–H and O–H groups in total. The van der Waals surface area contributed by atoms with Crippen molar-refractivity contribution in [2.75, 3.05) is 20.3 Å². The molecule has 5 heteroatoms. The second kappa shape index (κ2) is 8.29. The molecule has 0 spiro atoms. The minimum absolute atomic E-state index is 0.0550. The van der Waals surface area contributed by atoms with Gasteiger partial charge < -0.3 is 14.8 Å². The van der Waals surface area contributed by atoms with Gasteiger partial charge in [-0.25, -0.2) is 0 Å². The molecule has 0 saturated heterocycles. The Hall–Kier alpha value is -2.20. The van der Waals surface area contributed by atoms with Crippen molar-refractivity contribution in [2.45, 2.75) is 6.42 Å². The summed E-state index contributed by atoms with van der Waals surface area (Å²) >= 11 is 5.88. The van der Waals surface area contributed by atoms with Gasteiger partial charge in [-0.2, -0.15) is 0 Å². The second-order valence-electron chi connectivity index (χ2n) is 4.68. The van der Waals surface area contributed by atoms with Crippen molar-refractivity contribution < 1.29 is 14.3 Å². The fraction of sp³-hybridized carbons (Fsp3) is 0.235. The summed E-state index contributed by atoms with van der Waals surface area (Å²) in [5.74, 6) is 1.47. The van der Waals surface area contributed by atoms with Crippen molar-refractivity contribution in [1.82, 2.24) is 5.32 Å². The van der Waals surface area contributed by atoms with Crippen LogP contribution in [-0.4, -0.2) is 26.2 Å². The van der Waals surface area contributed by atoms with E-state index >= 15 is 0 Å². The van der Waals surface area contributed by atoms with E-state index in [-0.39, 0.29) is 5.91 Å². The van der Waals surface area contributed by atoms with E-state index in [0.29, 0.717) is 24.6 Å². The Morgan fingerprint density at radius 3 is 2.55 bits per heavy atom. The van der Waals surface area contributed by atoms with Crippen molar-refractivity contribution >= 4 is 17.5 Å². The molecule has 0 fully saturated rings. The molecule has 22 heavy (non-hydrogen) atoms. The van der Waals surface area contributed by atoms with Crippen molar-refractivity contribution in [2.24, 2.45) is 0 Å². The van der Waals surface area contributed by atoms with E-state index in [1.165, 1.54) is 0 Å². The number of hydrogen-bond donors (Lipinski definition) is 1. The predicted octanol–water partition coefficient (Wildman–Crippen LogP) is 3.09. The van der Waals surface area contributed by atoms with Crippen molar-refractivity contribution in [1.29, 1.82) is 0 Å². The van der Waals surface area contributed by atoms with E-state index in [4.69, 9.17) is 21.1 Å². The Bertz CT molecular complexity index is 614. The third-order valence-electron chi connectivity index (χ3n) is 3.01. The van der Waals surface area contributed by atoms with Gasteiger partial charge in [-0.3, -0.25) is 4.79 Å². The first kappa shape index (κ1) is 16.2. The normalized spacial score (nSPS) is 10.1. The fourth-order valence-electron chi connectivity index (χ4n) is 1.93. The lowest BCUT2D eigenvalue weighted by Gasteiger charge is -2.08. The monoisotopic (exact) mass is 319 g/mol. The van der Waals surface area contributed by atoms with Crippen LogP contribution in [-0.2, 0) is 11.2 Å². The minimum Gasteiger partial charge on any atom is -0.497 e. The Kier molecular flexibility index (Phi) is 6.10. The molecule has 116 valence electrons. The van der Waals surface area contributed by atoms with Crippen molar-refractivity contribution in [3.05, 3.63) is 59.1 Å². The number of amides is 1. The van der Waals surface area contributed by atoms with Crippen LogP contribution in [0.15, 0.2) is 48.5 Å². The second-order valence-corrected chi connectivity index (χ2v) is 5.12. The Morgan fingerprint density at radius 2 is 1.86 bits per heavy atom. The molecule has 0 unspecified atom stereocenters. The number of hydrogen-bond acceptors (Lipinski definition) is 3. The van der Waals surface area contributed by atoms with Gasteiger partial charge in [0.05, 0.1) is 20.1 Å². The summed E-state index contributed by atoms with van der Waals surface area (Å²) in [7, 11) is 1.62. The van der Waals surface area contributed by atoms with Crippen molar-refractivity contribution in [3.8, 4) is 11.5 Å². The van der Waals surface area contributed by atoms with E-state index in [1.807, 2.05) is 36.4 Å². The first-order valence-electron chi connectivity index (χ1n) is 6.95. The van der Waals surface area contributed by atoms with Crippen LogP contribution in [0.25, 0.3) is 0 Å². The van der Waals surface area contributed by atoms with E-state index in [1.54, 1.807) is 19.2 Å². The summed E-state index contributed by atoms with van der Waals surface area (Å²) < 4.78 is 10.6. The van der Waals surface area contributed by atoms with Gasteiger partial charge in [0.15, 0.2) is 0 Å². The zero-order valence-corrected chi connectivity index (χ0v) is 13.1. The molecule has 0 heterocycles. The van der Waals surface area contributed by atoms with E-state index in [2.05, 4.69) is 5.32 Å². The number of halogens is 1. The Balaban J connectivity index is 1.68. The zero-order valence-electron chi connectivity index (χ0n) is 12.3. The van der Waals surface area contributed by atoms with Gasteiger partial charge in [-0.1, -0.05) is 23.7 Å². The lowest BCUT2D eigenvalue weighted by molar-refractivity contribution is -0.120. The number of ether oxygens (including phenoxy) is 2. The topological polar surface area (TPSA) is 47.6 Å². The highest BCUT2D eigenvalue weighted by Gasteiger charge is 2.03. The molecule has 0 aliphatic rings. The maximum absolute atomic E-state index is 11.8. The molecular weight excluding hydrogens is 302 g/mol. The van der Waals surface area contributed by atoms with Gasteiger partial charge in [0.1, 0.15) is 18.1 Å². The van der Waals surface area contributed by atoms with Crippen LogP contribution in [0.5, 0.6) is 11.5 Å². The number of rotatable bonds is 7. The predicted molar refractivity (Wildman–Crippen MR) is 86.7 cm³/mol. The average molecular weight is 320 g/mol. The summed E-state index contributed by atoms with van der Waals surface area (Å²) in [6.45, 7) is 0.860. The smallest absolute Gasteiger partial charge is 0.224 e. The molecule has 0 atom stereocenters. The maximum atomic E-state index is 11.8. The van der Waals surface area contributed by atoms with E-state index in [0.717, 1.165) is 17.1 Å². The van der Waals surface area contributed by atoms with Gasteiger partial charge >= 0.3 is 0 Å². The van der Waals surface area contributed by atoms with Gasteiger partial charge in [-0.15, -0.1) is 0 Å². The molecular formula is C17H18ClNO3.